The first-order valence-electron chi connectivity index (χ1n) is 5.16. The molecule has 0 saturated carbocycles. The third-order valence-electron chi connectivity index (χ3n) is 2.08. The molecule has 0 aliphatic heterocycles. The van der Waals surface area contributed by atoms with Crippen LogP contribution in [-0.2, 0) is 9.59 Å². The second kappa shape index (κ2) is 8.05. The zero-order valence-corrected chi connectivity index (χ0v) is 10.5. The van der Waals surface area contributed by atoms with Crippen LogP contribution in [0.2, 0.25) is 0 Å². The Morgan fingerprint density at radius 3 is 2.44 bits per heavy atom. The molecule has 5 heteroatoms. The van der Waals surface area contributed by atoms with E-state index in [9.17, 15) is 9.59 Å². The Balaban J connectivity index is 4.29. The van der Waals surface area contributed by atoms with Crippen LogP contribution in [0.3, 0.4) is 0 Å². The summed E-state index contributed by atoms with van der Waals surface area (Å²) in [7, 11) is 0. The largest absolute Gasteiger partial charge is 0.351 e. The molecule has 0 rings (SSSR count). The Kier molecular flexibility index (Phi) is 7.48. The predicted octanol–water partition coefficient (Wildman–Crippen LogP) is 0.339. The fourth-order valence-electron chi connectivity index (χ4n) is 1.18. The summed E-state index contributed by atoms with van der Waals surface area (Å²) < 4.78 is 0. The molecule has 2 N–H and O–H groups in total. The number of thiol groups is 1. The van der Waals surface area contributed by atoms with Crippen molar-refractivity contribution in [2.24, 2.45) is 0 Å². The van der Waals surface area contributed by atoms with Gasteiger partial charge in [0, 0.05) is 25.1 Å². The molecule has 90 valence electrons. The van der Waals surface area contributed by atoms with Crippen LogP contribution in [0.5, 0.6) is 0 Å². The van der Waals surface area contributed by atoms with E-state index in [4.69, 9.17) is 6.42 Å². The van der Waals surface area contributed by atoms with Gasteiger partial charge in [-0.05, 0) is 6.42 Å². The van der Waals surface area contributed by atoms with Gasteiger partial charge in [0.25, 0.3) is 0 Å². The number of hydrogen-bond donors (Lipinski definition) is 3. The van der Waals surface area contributed by atoms with E-state index >= 15 is 0 Å². The molecule has 0 aliphatic carbocycles. The van der Waals surface area contributed by atoms with Gasteiger partial charge >= 0.3 is 0 Å². The molecule has 0 saturated heterocycles. The zero-order chi connectivity index (χ0) is 12.6. The molecule has 0 heterocycles. The summed E-state index contributed by atoms with van der Waals surface area (Å²) in [4.78, 5) is 22.6. The number of nitrogens with one attached hydrogen (secondary N) is 2. The number of amides is 2. The molecule has 2 amide bonds. The monoisotopic (exact) mass is 242 g/mol. The van der Waals surface area contributed by atoms with Gasteiger partial charge in [0.2, 0.25) is 11.8 Å². The highest BCUT2D eigenvalue weighted by molar-refractivity contribution is 7.80. The van der Waals surface area contributed by atoms with E-state index < -0.39 is 6.04 Å². The number of carbonyl (C=O) groups excluding carboxylic acids is 2. The molecule has 2 atom stereocenters. The summed E-state index contributed by atoms with van der Waals surface area (Å²) in [6.07, 6.45) is 6.43. The Hall–Kier alpha value is -1.15. The SMILES string of the molecule is C#CCC(CC)NC(=O)C(CS)NC(C)=O. The van der Waals surface area contributed by atoms with Gasteiger partial charge in [-0.15, -0.1) is 12.3 Å². The van der Waals surface area contributed by atoms with Crippen molar-refractivity contribution >= 4 is 24.4 Å². The fourth-order valence-corrected chi connectivity index (χ4v) is 1.44. The molecule has 0 bridgehead atoms. The van der Waals surface area contributed by atoms with Crippen molar-refractivity contribution in [1.29, 1.82) is 0 Å². The first-order valence-corrected chi connectivity index (χ1v) is 5.80. The zero-order valence-electron chi connectivity index (χ0n) is 9.62. The Morgan fingerprint density at radius 1 is 1.44 bits per heavy atom. The highest BCUT2D eigenvalue weighted by atomic mass is 32.1. The topological polar surface area (TPSA) is 58.2 Å². The van der Waals surface area contributed by atoms with Crippen LogP contribution in [0.1, 0.15) is 26.7 Å². The summed E-state index contributed by atoms with van der Waals surface area (Å²) in [5, 5.41) is 5.30. The van der Waals surface area contributed by atoms with Gasteiger partial charge in [-0.2, -0.15) is 12.6 Å². The maximum atomic E-state index is 11.7. The standard InChI is InChI=1S/C11H18N2O2S/c1-4-6-9(5-2)13-11(15)10(7-16)12-8(3)14/h1,9-10,16H,5-7H2,2-3H3,(H,12,14)(H,13,15). The molecular formula is C11H18N2O2S. The molecule has 0 fully saturated rings. The van der Waals surface area contributed by atoms with Crippen molar-refractivity contribution in [3.05, 3.63) is 0 Å². The van der Waals surface area contributed by atoms with Gasteiger partial charge in [0.05, 0.1) is 0 Å². The van der Waals surface area contributed by atoms with Crippen molar-refractivity contribution < 1.29 is 9.59 Å². The van der Waals surface area contributed by atoms with Crippen molar-refractivity contribution in [3.63, 3.8) is 0 Å². The summed E-state index contributed by atoms with van der Waals surface area (Å²) in [6, 6.07) is -0.652. The van der Waals surface area contributed by atoms with Gasteiger partial charge in [0.1, 0.15) is 6.04 Å². The lowest BCUT2D eigenvalue weighted by Gasteiger charge is -2.19. The van der Waals surface area contributed by atoms with Gasteiger partial charge in [0.15, 0.2) is 0 Å². The molecule has 0 aliphatic rings. The highest BCUT2D eigenvalue weighted by Crippen LogP contribution is 1.98. The lowest BCUT2D eigenvalue weighted by atomic mass is 10.1. The summed E-state index contributed by atoms with van der Waals surface area (Å²) in [5.74, 6) is 2.27. The molecule has 0 aromatic carbocycles. The first kappa shape index (κ1) is 14.8. The van der Waals surface area contributed by atoms with Gasteiger partial charge < -0.3 is 10.6 Å². The van der Waals surface area contributed by atoms with Crippen LogP contribution < -0.4 is 10.6 Å². The van der Waals surface area contributed by atoms with E-state index in [0.29, 0.717) is 6.42 Å². The number of hydrogen-bond acceptors (Lipinski definition) is 3. The third-order valence-corrected chi connectivity index (χ3v) is 2.45. The second-order valence-electron chi connectivity index (χ2n) is 3.46. The minimum Gasteiger partial charge on any atom is -0.351 e. The van der Waals surface area contributed by atoms with E-state index in [2.05, 4.69) is 29.2 Å². The maximum absolute atomic E-state index is 11.7. The van der Waals surface area contributed by atoms with Crippen molar-refractivity contribution in [1.82, 2.24) is 10.6 Å². The van der Waals surface area contributed by atoms with E-state index in [1.165, 1.54) is 6.92 Å². The van der Waals surface area contributed by atoms with Crippen LogP contribution in [0.15, 0.2) is 0 Å². The quantitative estimate of drug-likeness (QED) is 0.465. The average molecular weight is 242 g/mol. The third kappa shape index (κ3) is 5.66. The van der Waals surface area contributed by atoms with Crippen molar-refractivity contribution in [2.75, 3.05) is 5.75 Å². The van der Waals surface area contributed by atoms with E-state index in [0.717, 1.165) is 6.42 Å². The number of rotatable bonds is 6. The summed E-state index contributed by atoms with van der Waals surface area (Å²) >= 11 is 4.02. The number of terminal acetylenes is 1. The van der Waals surface area contributed by atoms with Gasteiger partial charge in [-0.25, -0.2) is 0 Å². The second-order valence-corrected chi connectivity index (χ2v) is 3.82. The minimum atomic E-state index is -0.604. The predicted molar refractivity (Wildman–Crippen MR) is 67.1 cm³/mol. The van der Waals surface area contributed by atoms with Crippen LogP contribution in [-0.4, -0.2) is 29.7 Å². The summed E-state index contributed by atoms with van der Waals surface area (Å²) in [6.45, 7) is 3.30. The van der Waals surface area contributed by atoms with Crippen LogP contribution >= 0.6 is 12.6 Å². The highest BCUT2D eigenvalue weighted by Gasteiger charge is 2.19. The molecule has 2 unspecified atom stereocenters. The Bertz CT molecular complexity index is 286. The first-order chi connectivity index (χ1) is 7.54. The fraction of sp³-hybridized carbons (Fsp3) is 0.636. The maximum Gasteiger partial charge on any atom is 0.243 e. The van der Waals surface area contributed by atoms with Crippen LogP contribution in [0, 0.1) is 12.3 Å². The number of carbonyl (C=O) groups is 2. The van der Waals surface area contributed by atoms with E-state index in [-0.39, 0.29) is 23.6 Å². The molecule has 0 radical (unpaired) electrons. The smallest absolute Gasteiger partial charge is 0.243 e. The molecule has 0 spiro atoms. The molecule has 0 aromatic heterocycles. The molecular weight excluding hydrogens is 224 g/mol. The van der Waals surface area contributed by atoms with E-state index in [1.54, 1.807) is 0 Å². The lowest BCUT2D eigenvalue weighted by molar-refractivity contribution is -0.127. The van der Waals surface area contributed by atoms with E-state index in [1.807, 2.05) is 6.92 Å². The Morgan fingerprint density at radius 2 is 2.06 bits per heavy atom. The van der Waals surface area contributed by atoms with Crippen molar-refractivity contribution in [3.8, 4) is 12.3 Å². The van der Waals surface area contributed by atoms with Crippen molar-refractivity contribution in [2.45, 2.75) is 38.8 Å². The average Bonchev–Trinajstić information content (AvgIpc) is 2.24. The Labute approximate surface area is 102 Å². The van der Waals surface area contributed by atoms with Crippen LogP contribution in [0.25, 0.3) is 0 Å². The molecule has 4 nitrogen and oxygen atoms in total. The normalized spacial score (nSPS) is 13.4. The van der Waals surface area contributed by atoms with Crippen LogP contribution in [0.4, 0.5) is 0 Å². The minimum absolute atomic E-state index is 0.0476. The lowest BCUT2D eigenvalue weighted by Crippen LogP contribution is -2.50. The van der Waals surface area contributed by atoms with Gasteiger partial charge in [-0.1, -0.05) is 6.92 Å². The summed E-state index contributed by atoms with van der Waals surface area (Å²) in [5.41, 5.74) is 0. The molecule has 0 aromatic rings. The molecule has 16 heavy (non-hydrogen) atoms. The van der Waals surface area contributed by atoms with Gasteiger partial charge in [-0.3, -0.25) is 9.59 Å².